The summed E-state index contributed by atoms with van der Waals surface area (Å²) in [5.74, 6) is 6.06. The molecule has 0 aromatic rings. The lowest BCUT2D eigenvalue weighted by atomic mass is 9.62. The van der Waals surface area contributed by atoms with Gasteiger partial charge in [0.15, 0.2) is 0 Å². The Hall–Kier alpha value is -1.28. The van der Waals surface area contributed by atoms with Crippen LogP contribution in [0.15, 0.2) is 47.3 Å². The molecule has 0 spiro atoms. The van der Waals surface area contributed by atoms with Crippen LogP contribution in [0.5, 0.6) is 0 Å². The second-order valence-corrected chi connectivity index (χ2v) is 14.1. The summed E-state index contributed by atoms with van der Waals surface area (Å²) < 4.78 is 7.13. The third kappa shape index (κ3) is 5.13. The largest absolute Gasteiger partial charge is 0.494 e. The Morgan fingerprint density at radius 2 is 1.55 bits per heavy atom. The molecule has 0 radical (unpaired) electrons. The number of rotatable bonds is 3. The molecule has 0 amide bonds. The van der Waals surface area contributed by atoms with Gasteiger partial charge in [-0.2, -0.15) is 0 Å². The van der Waals surface area contributed by atoms with E-state index in [4.69, 9.17) is 4.74 Å². The highest BCUT2D eigenvalue weighted by molar-refractivity contribution is 5.28. The van der Waals surface area contributed by atoms with Crippen LogP contribution in [0.4, 0.5) is 0 Å². The van der Waals surface area contributed by atoms with Gasteiger partial charge in [0.2, 0.25) is 0 Å². The van der Waals surface area contributed by atoms with Crippen LogP contribution >= 0.6 is 0 Å². The van der Waals surface area contributed by atoms with Crippen LogP contribution in [-0.2, 0) is 4.74 Å². The third-order valence-corrected chi connectivity index (χ3v) is 12.0. The van der Waals surface area contributed by atoms with Gasteiger partial charge in [-0.15, -0.1) is 0 Å². The standard InChI is InChI=1S/C36H53NO/c1-2-12-25(13-3-1)27-14-6-9-19-34(27)37-26-22-23-30-28-15-4-5-16-29(28)31-17-7-10-20-35(31)38-36-21-11-8-18-32(36)33(30)24-26/h7,9,15,17,19,25-27,29-31,33-35,37H,1-6,8,10-14,16,18,20-24H2. The molecule has 1 heterocycles. The first kappa shape index (κ1) is 25.7. The van der Waals surface area contributed by atoms with Crippen molar-refractivity contribution in [3.05, 3.63) is 47.3 Å². The summed E-state index contributed by atoms with van der Waals surface area (Å²) in [4.78, 5) is 0. The molecular formula is C36H53NO. The monoisotopic (exact) mass is 515 g/mol. The van der Waals surface area contributed by atoms with Crippen LogP contribution < -0.4 is 5.32 Å². The minimum absolute atomic E-state index is 0.410. The van der Waals surface area contributed by atoms with E-state index in [0.717, 1.165) is 23.7 Å². The van der Waals surface area contributed by atoms with Gasteiger partial charge < -0.3 is 10.1 Å². The van der Waals surface area contributed by atoms with Crippen LogP contribution in [-0.4, -0.2) is 18.2 Å². The van der Waals surface area contributed by atoms with E-state index in [2.05, 4.69) is 35.7 Å². The van der Waals surface area contributed by atoms with Crippen molar-refractivity contribution in [2.24, 2.45) is 35.5 Å². The maximum atomic E-state index is 7.13. The second kappa shape index (κ2) is 11.7. The molecule has 0 bridgehead atoms. The van der Waals surface area contributed by atoms with Crippen molar-refractivity contribution < 1.29 is 4.74 Å². The Balaban J connectivity index is 1.17. The Kier molecular flexibility index (Phi) is 7.89. The number of hydrogen-bond acceptors (Lipinski definition) is 2. The van der Waals surface area contributed by atoms with Crippen LogP contribution in [0, 0.1) is 35.5 Å². The highest BCUT2D eigenvalue weighted by atomic mass is 16.5. The van der Waals surface area contributed by atoms with Gasteiger partial charge in [0, 0.05) is 24.4 Å². The summed E-state index contributed by atoms with van der Waals surface area (Å²) in [5, 5.41) is 4.33. The van der Waals surface area contributed by atoms with Crippen molar-refractivity contribution in [1.82, 2.24) is 5.32 Å². The van der Waals surface area contributed by atoms with Crippen molar-refractivity contribution in [2.75, 3.05) is 0 Å². The third-order valence-electron chi connectivity index (χ3n) is 12.0. The minimum atomic E-state index is 0.410. The molecule has 7 rings (SSSR count). The molecule has 6 aliphatic carbocycles. The molecule has 1 aliphatic heterocycles. The van der Waals surface area contributed by atoms with Crippen molar-refractivity contribution in [3.8, 4) is 0 Å². The van der Waals surface area contributed by atoms with Crippen LogP contribution in [0.1, 0.15) is 122 Å². The summed E-state index contributed by atoms with van der Waals surface area (Å²) >= 11 is 0. The lowest BCUT2D eigenvalue weighted by Crippen LogP contribution is -2.48. The number of fused-ring (bicyclic) bond motifs is 6. The average Bonchev–Trinajstić information content (AvgIpc) is 3.03. The molecule has 2 nitrogen and oxygen atoms in total. The van der Waals surface area contributed by atoms with Crippen LogP contribution in [0.3, 0.4) is 0 Å². The fraction of sp³-hybridized carbons (Fsp3) is 0.778. The van der Waals surface area contributed by atoms with E-state index in [9.17, 15) is 0 Å². The van der Waals surface area contributed by atoms with E-state index in [1.54, 1.807) is 5.57 Å². The number of hydrogen-bond donors (Lipinski definition) is 1. The first-order valence-corrected chi connectivity index (χ1v) is 17.0. The Bertz CT molecular complexity index is 950. The quantitative estimate of drug-likeness (QED) is 0.378. The Morgan fingerprint density at radius 1 is 0.684 bits per heavy atom. The van der Waals surface area contributed by atoms with Gasteiger partial charge in [-0.3, -0.25) is 0 Å². The molecule has 2 fully saturated rings. The molecule has 2 saturated carbocycles. The zero-order valence-corrected chi connectivity index (χ0v) is 23.9. The average molecular weight is 516 g/mol. The van der Waals surface area contributed by atoms with Gasteiger partial charge in [0.25, 0.3) is 0 Å². The normalized spacial score (nSPS) is 41.8. The summed E-state index contributed by atoms with van der Waals surface area (Å²) in [5.41, 5.74) is 3.62. The summed E-state index contributed by atoms with van der Waals surface area (Å²) in [6.45, 7) is 0. The number of nitrogens with one attached hydrogen (secondary N) is 1. The maximum absolute atomic E-state index is 7.13. The van der Waals surface area contributed by atoms with Crippen molar-refractivity contribution in [1.29, 1.82) is 0 Å². The molecule has 2 heteroatoms. The summed E-state index contributed by atoms with van der Waals surface area (Å²) in [7, 11) is 0. The van der Waals surface area contributed by atoms with Gasteiger partial charge in [-0.05, 0) is 119 Å². The second-order valence-electron chi connectivity index (χ2n) is 14.1. The molecule has 0 saturated heterocycles. The SMILES string of the molecule is C1=CC2C(CC1)OC1=C(CCCC1)C1CC(NC3C=CCCC3C3CCCCC3)CCC1C1=CCCCC12. The highest BCUT2D eigenvalue weighted by Crippen LogP contribution is 2.52. The van der Waals surface area contributed by atoms with Crippen LogP contribution in [0.2, 0.25) is 0 Å². The minimum Gasteiger partial charge on any atom is -0.494 e. The van der Waals surface area contributed by atoms with Gasteiger partial charge in [-0.1, -0.05) is 68.1 Å². The smallest absolute Gasteiger partial charge is 0.105 e. The lowest BCUT2D eigenvalue weighted by molar-refractivity contribution is 0.0423. The van der Waals surface area contributed by atoms with Gasteiger partial charge in [0.1, 0.15) is 6.10 Å². The molecule has 8 unspecified atom stereocenters. The van der Waals surface area contributed by atoms with E-state index in [1.165, 1.54) is 128 Å². The van der Waals surface area contributed by atoms with Gasteiger partial charge in [-0.25, -0.2) is 0 Å². The van der Waals surface area contributed by atoms with E-state index >= 15 is 0 Å². The van der Waals surface area contributed by atoms with Crippen molar-refractivity contribution in [2.45, 2.75) is 140 Å². The molecule has 7 aliphatic rings. The van der Waals surface area contributed by atoms with Crippen molar-refractivity contribution in [3.63, 3.8) is 0 Å². The molecule has 1 N–H and O–H groups in total. The maximum Gasteiger partial charge on any atom is 0.105 e. The highest BCUT2D eigenvalue weighted by Gasteiger charge is 2.45. The lowest BCUT2D eigenvalue weighted by Gasteiger charge is -2.45. The number of allylic oxidation sites excluding steroid dienone is 6. The predicted octanol–water partition coefficient (Wildman–Crippen LogP) is 9.20. The fourth-order valence-corrected chi connectivity index (χ4v) is 10.2. The zero-order chi connectivity index (χ0) is 25.3. The Morgan fingerprint density at radius 3 is 2.50 bits per heavy atom. The van der Waals surface area contributed by atoms with Gasteiger partial charge in [0.05, 0.1) is 5.76 Å². The van der Waals surface area contributed by atoms with Crippen molar-refractivity contribution >= 4 is 0 Å². The van der Waals surface area contributed by atoms with Gasteiger partial charge >= 0.3 is 0 Å². The summed E-state index contributed by atoms with van der Waals surface area (Å²) in [6.07, 6.45) is 39.1. The van der Waals surface area contributed by atoms with Crippen LogP contribution in [0.25, 0.3) is 0 Å². The molecule has 0 aromatic heterocycles. The fourth-order valence-electron chi connectivity index (χ4n) is 10.2. The Labute approximate surface area is 232 Å². The van der Waals surface area contributed by atoms with E-state index in [-0.39, 0.29) is 0 Å². The summed E-state index contributed by atoms with van der Waals surface area (Å²) in [6, 6.07) is 1.27. The van der Waals surface area contributed by atoms with E-state index in [1.807, 2.05) is 5.57 Å². The van der Waals surface area contributed by atoms with E-state index < -0.39 is 0 Å². The molecule has 38 heavy (non-hydrogen) atoms. The molecule has 8 atom stereocenters. The topological polar surface area (TPSA) is 21.3 Å². The predicted molar refractivity (Wildman–Crippen MR) is 158 cm³/mol. The molecule has 208 valence electrons. The number of ether oxygens (including phenoxy) is 1. The zero-order valence-electron chi connectivity index (χ0n) is 23.9. The molecular weight excluding hydrogens is 462 g/mol. The first-order chi connectivity index (χ1) is 18.8. The van der Waals surface area contributed by atoms with E-state index in [0.29, 0.717) is 30.0 Å². The first-order valence-electron chi connectivity index (χ1n) is 17.0. The molecule has 0 aromatic carbocycles.